The number of benzene rings is 2. The summed E-state index contributed by atoms with van der Waals surface area (Å²) < 4.78 is 12.7. The molecule has 3 rings (SSSR count). The summed E-state index contributed by atoms with van der Waals surface area (Å²) in [4.78, 5) is 0. The third-order valence-corrected chi connectivity index (χ3v) is 6.46. The Morgan fingerprint density at radius 3 is 1.75 bits per heavy atom. The molecule has 1 heterocycles. The quantitative estimate of drug-likeness (QED) is 0.243. The molecule has 0 fully saturated rings. The molecule has 0 saturated carbocycles. The molecule has 8 heteroatoms. The predicted molar refractivity (Wildman–Crippen MR) is 88.5 cm³/mol. The predicted octanol–water partition coefficient (Wildman–Crippen LogP) is 7.72. The van der Waals surface area contributed by atoms with E-state index in [1.165, 1.54) is 0 Å². The van der Waals surface area contributed by atoms with Crippen LogP contribution in [-0.2, 0) is 0 Å². The monoisotopic (exact) mass is 476 g/mol. The molecule has 0 atom stereocenters. The van der Waals surface area contributed by atoms with Crippen LogP contribution in [0.25, 0.3) is 0 Å². The fraction of sp³-hybridized carbons (Fsp3) is 0. The summed E-state index contributed by atoms with van der Waals surface area (Å²) in [6, 6.07) is 3.13. The Kier molecular flexibility index (Phi) is 4.08. The van der Waals surface area contributed by atoms with Gasteiger partial charge < -0.3 is 9.47 Å². The van der Waals surface area contributed by atoms with Gasteiger partial charge >= 0.3 is 0 Å². The van der Waals surface area contributed by atoms with Gasteiger partial charge in [-0.15, -0.1) is 0 Å². The van der Waals surface area contributed by atoms with Gasteiger partial charge in [0.2, 0.25) is 0 Å². The first-order valence-corrected chi connectivity index (χ1v) is 8.20. The zero-order chi connectivity index (χ0) is 14.6. The van der Waals surface area contributed by atoms with Gasteiger partial charge in [-0.05, 0) is 31.9 Å². The molecule has 0 amide bonds. The largest absolute Gasteiger partial charge is 0.448 e. The van der Waals surface area contributed by atoms with Crippen molar-refractivity contribution in [2.24, 2.45) is 0 Å². The summed E-state index contributed by atoms with van der Waals surface area (Å²) >= 11 is 30.9. The van der Waals surface area contributed by atoms with Crippen LogP contribution in [0.5, 0.6) is 23.0 Å². The normalized spacial score (nSPS) is 12.3. The second-order valence-electron chi connectivity index (χ2n) is 3.83. The Morgan fingerprint density at radius 2 is 1.20 bits per heavy atom. The van der Waals surface area contributed by atoms with E-state index >= 15 is 0 Å². The smallest absolute Gasteiger partial charge is 0.191 e. The minimum absolute atomic E-state index is 0.244. The highest BCUT2D eigenvalue weighted by Gasteiger charge is 2.29. The molecule has 0 spiro atoms. The molecule has 104 valence electrons. The van der Waals surface area contributed by atoms with Crippen LogP contribution in [-0.4, -0.2) is 0 Å². The lowest BCUT2D eigenvalue weighted by Gasteiger charge is -2.24. The Hall–Kier alpha value is 0.160. The molecule has 1 aliphatic rings. The summed E-state index contributed by atoms with van der Waals surface area (Å²) in [5, 5.41) is 1.29. The number of ether oxygens (including phenoxy) is 2. The van der Waals surface area contributed by atoms with Gasteiger partial charge in [-0.3, -0.25) is 0 Å². The maximum atomic E-state index is 6.18. The highest BCUT2D eigenvalue weighted by atomic mass is 79.9. The van der Waals surface area contributed by atoms with Crippen molar-refractivity contribution in [2.75, 3.05) is 0 Å². The second kappa shape index (κ2) is 5.41. The molecule has 0 aromatic heterocycles. The van der Waals surface area contributed by atoms with E-state index in [9.17, 15) is 0 Å². The molecular weight excluding hydrogens is 478 g/mol. The van der Waals surface area contributed by atoms with E-state index in [1.54, 1.807) is 12.1 Å². The van der Waals surface area contributed by atoms with Crippen molar-refractivity contribution < 1.29 is 9.47 Å². The molecular formula is C12H2Br2Cl4O2. The molecule has 0 N–H and O–H groups in total. The Balaban J connectivity index is 2.23. The minimum atomic E-state index is 0.244. The van der Waals surface area contributed by atoms with Crippen molar-refractivity contribution in [1.82, 2.24) is 0 Å². The molecule has 0 bridgehead atoms. The van der Waals surface area contributed by atoms with Crippen molar-refractivity contribution in [3.8, 4) is 23.0 Å². The van der Waals surface area contributed by atoms with Crippen molar-refractivity contribution >= 4 is 78.3 Å². The first-order chi connectivity index (χ1) is 9.40. The lowest BCUT2D eigenvalue weighted by atomic mass is 10.2. The standard InChI is InChI=1S/C12H2Br2Cl4O2/c13-7-8(14)11-12(10(18)9(7)17)20-6-2-4(16)3(15)1-5(6)19-11/h1-2H. The molecule has 2 nitrogen and oxygen atoms in total. The van der Waals surface area contributed by atoms with E-state index in [-0.39, 0.29) is 5.02 Å². The lowest BCUT2D eigenvalue weighted by Crippen LogP contribution is -2.01. The van der Waals surface area contributed by atoms with Crippen molar-refractivity contribution in [3.05, 3.63) is 41.2 Å². The lowest BCUT2D eigenvalue weighted by molar-refractivity contribution is 0.357. The first kappa shape index (κ1) is 15.1. The molecule has 20 heavy (non-hydrogen) atoms. The highest BCUT2D eigenvalue weighted by molar-refractivity contribution is 9.13. The van der Waals surface area contributed by atoms with E-state index in [1.807, 2.05) is 0 Å². The van der Waals surface area contributed by atoms with Gasteiger partial charge in [-0.25, -0.2) is 0 Å². The van der Waals surface area contributed by atoms with Crippen LogP contribution in [0.4, 0.5) is 0 Å². The number of hydrogen-bond acceptors (Lipinski definition) is 2. The van der Waals surface area contributed by atoms with E-state index in [4.69, 9.17) is 55.9 Å². The summed E-state index contributed by atoms with van der Waals surface area (Å²) in [6.45, 7) is 0. The molecule has 0 saturated heterocycles. The van der Waals surface area contributed by atoms with Gasteiger partial charge in [0, 0.05) is 12.1 Å². The molecule has 0 radical (unpaired) electrons. The first-order valence-electron chi connectivity index (χ1n) is 5.11. The third kappa shape index (κ3) is 2.31. The van der Waals surface area contributed by atoms with E-state index in [0.717, 1.165) is 0 Å². The van der Waals surface area contributed by atoms with Gasteiger partial charge in [-0.2, -0.15) is 0 Å². The van der Waals surface area contributed by atoms with Crippen molar-refractivity contribution in [1.29, 1.82) is 0 Å². The van der Waals surface area contributed by atoms with Crippen LogP contribution in [0.2, 0.25) is 20.1 Å². The number of rotatable bonds is 0. The zero-order valence-electron chi connectivity index (χ0n) is 9.24. The SMILES string of the molecule is Clc1cc2c(cc1Cl)Oc1c(Br)c(Br)c(Cl)c(Cl)c1O2. The van der Waals surface area contributed by atoms with Crippen LogP contribution < -0.4 is 9.47 Å². The maximum Gasteiger partial charge on any atom is 0.191 e. The fourth-order valence-electron chi connectivity index (χ4n) is 1.66. The van der Waals surface area contributed by atoms with Crippen LogP contribution >= 0.6 is 78.3 Å². The van der Waals surface area contributed by atoms with Gasteiger partial charge in [0.15, 0.2) is 23.0 Å². The average molecular weight is 480 g/mol. The Morgan fingerprint density at radius 1 is 0.700 bits per heavy atom. The summed E-state index contributed by atoms with van der Waals surface area (Å²) in [5.41, 5.74) is 0. The number of fused-ring (bicyclic) bond motifs is 2. The van der Waals surface area contributed by atoms with Crippen LogP contribution in [0, 0.1) is 0 Å². The topological polar surface area (TPSA) is 18.5 Å². The van der Waals surface area contributed by atoms with Crippen molar-refractivity contribution in [2.45, 2.75) is 0 Å². The van der Waals surface area contributed by atoms with Gasteiger partial charge in [0.25, 0.3) is 0 Å². The number of halogens is 6. The zero-order valence-corrected chi connectivity index (χ0v) is 15.4. The molecule has 0 unspecified atom stereocenters. The summed E-state index contributed by atoms with van der Waals surface area (Å²) in [5.74, 6) is 1.59. The number of hydrogen-bond donors (Lipinski definition) is 0. The Labute approximate surface area is 151 Å². The molecule has 0 aliphatic carbocycles. The summed E-state index contributed by atoms with van der Waals surface area (Å²) in [7, 11) is 0. The maximum absolute atomic E-state index is 6.18. The van der Waals surface area contributed by atoms with E-state index in [0.29, 0.717) is 47.0 Å². The van der Waals surface area contributed by atoms with Gasteiger partial charge in [0.1, 0.15) is 5.02 Å². The van der Waals surface area contributed by atoms with Crippen LogP contribution in [0.1, 0.15) is 0 Å². The van der Waals surface area contributed by atoms with Crippen molar-refractivity contribution in [3.63, 3.8) is 0 Å². The summed E-state index contributed by atoms with van der Waals surface area (Å²) in [6.07, 6.45) is 0. The molecule has 1 aliphatic heterocycles. The average Bonchev–Trinajstić information content (AvgIpc) is 2.43. The molecule has 2 aromatic rings. The highest BCUT2D eigenvalue weighted by Crippen LogP contribution is 2.57. The van der Waals surface area contributed by atoms with Gasteiger partial charge in [0.05, 0.1) is 24.0 Å². The van der Waals surface area contributed by atoms with Crippen LogP contribution in [0.15, 0.2) is 21.1 Å². The Bertz CT molecular complexity index is 687. The minimum Gasteiger partial charge on any atom is -0.448 e. The molecule has 2 aromatic carbocycles. The fourth-order valence-corrected chi connectivity index (χ4v) is 3.44. The third-order valence-electron chi connectivity index (χ3n) is 2.59. The second-order valence-corrected chi connectivity index (χ2v) is 6.99. The van der Waals surface area contributed by atoms with Crippen LogP contribution in [0.3, 0.4) is 0 Å². The van der Waals surface area contributed by atoms with E-state index in [2.05, 4.69) is 31.9 Å². The van der Waals surface area contributed by atoms with Gasteiger partial charge in [-0.1, -0.05) is 46.4 Å². The van der Waals surface area contributed by atoms with E-state index < -0.39 is 0 Å².